The summed E-state index contributed by atoms with van der Waals surface area (Å²) in [5.41, 5.74) is 3.22. The highest BCUT2D eigenvalue weighted by atomic mass is 19.1. The van der Waals surface area contributed by atoms with Crippen LogP contribution in [0.4, 0.5) is 14.5 Å². The fourth-order valence-electron chi connectivity index (χ4n) is 5.03. The third kappa shape index (κ3) is 4.54. The topological polar surface area (TPSA) is 90.9 Å². The minimum absolute atomic E-state index is 0.0573. The lowest BCUT2D eigenvalue weighted by Crippen LogP contribution is -2.58. The zero-order valence-corrected chi connectivity index (χ0v) is 20.6. The molecule has 1 aliphatic rings. The number of pyridine rings is 4. The summed E-state index contributed by atoms with van der Waals surface area (Å²) in [5.74, 6) is -0.884. The summed E-state index contributed by atoms with van der Waals surface area (Å²) in [6, 6.07) is 12.4. The Morgan fingerprint density at radius 2 is 1.62 bits per heavy atom. The maximum Gasteiger partial charge on any atom is 0.252 e. The zero-order chi connectivity index (χ0) is 26.3. The SMILES string of the molecule is CC1CN(c2cc(=O)n(C)c3ccc(C#N)nc23)[C@@H](C)CN1C(c1ccc(F)cn1)c1ccc(F)cn1. The summed E-state index contributed by atoms with van der Waals surface area (Å²) in [6.07, 6.45) is 2.33. The highest BCUT2D eigenvalue weighted by Gasteiger charge is 2.37. The Morgan fingerprint density at radius 3 is 2.19 bits per heavy atom. The fraction of sp³-hybridized carbons (Fsp3) is 0.296. The lowest BCUT2D eigenvalue weighted by molar-refractivity contribution is 0.125. The molecule has 10 heteroatoms. The molecule has 5 heterocycles. The monoisotopic (exact) mass is 501 g/mol. The van der Waals surface area contributed by atoms with Crippen LogP contribution in [-0.2, 0) is 7.05 Å². The third-order valence-corrected chi connectivity index (χ3v) is 6.92. The molecule has 4 aromatic rings. The molecule has 0 aromatic carbocycles. The van der Waals surface area contributed by atoms with Crippen LogP contribution in [0.3, 0.4) is 0 Å². The van der Waals surface area contributed by atoms with Crippen LogP contribution in [0.1, 0.15) is 37.0 Å². The van der Waals surface area contributed by atoms with Gasteiger partial charge in [0.05, 0.1) is 41.0 Å². The van der Waals surface area contributed by atoms with Crippen LogP contribution in [0, 0.1) is 23.0 Å². The van der Waals surface area contributed by atoms with Crippen LogP contribution in [0.2, 0.25) is 0 Å². The first-order valence-corrected chi connectivity index (χ1v) is 11.9. The number of piperazine rings is 1. The summed E-state index contributed by atoms with van der Waals surface area (Å²) in [6.45, 7) is 5.19. The van der Waals surface area contributed by atoms with E-state index in [-0.39, 0.29) is 23.3 Å². The van der Waals surface area contributed by atoms with Gasteiger partial charge in [-0.05, 0) is 50.2 Å². The maximum atomic E-state index is 13.7. The second-order valence-electron chi connectivity index (χ2n) is 9.36. The number of aromatic nitrogens is 4. The average Bonchev–Trinajstić information content (AvgIpc) is 2.90. The standard InChI is InChI=1S/C27H25F2N7O/c1-16-15-36(27(21-7-4-18(28)12-31-21)22-8-5-19(29)13-32-22)17(2)14-35(16)24-10-25(37)34(3)23-9-6-20(11-30)33-26(23)24/h4-10,12-13,16-17,27H,14-15H2,1-3H3/t16-,17?/m0/s1. The van der Waals surface area contributed by atoms with E-state index in [9.17, 15) is 18.8 Å². The summed E-state index contributed by atoms with van der Waals surface area (Å²) in [4.78, 5) is 30.3. The van der Waals surface area contributed by atoms with Gasteiger partial charge in [0.15, 0.2) is 0 Å². The largest absolute Gasteiger partial charge is 0.364 e. The number of aryl methyl sites for hydroxylation is 1. The molecule has 37 heavy (non-hydrogen) atoms. The number of hydrogen-bond acceptors (Lipinski definition) is 7. The predicted molar refractivity (Wildman–Crippen MR) is 135 cm³/mol. The van der Waals surface area contributed by atoms with Gasteiger partial charge in [0.25, 0.3) is 5.56 Å². The summed E-state index contributed by atoms with van der Waals surface area (Å²) in [5, 5.41) is 9.40. The number of fused-ring (bicyclic) bond motifs is 1. The van der Waals surface area contributed by atoms with Crippen molar-refractivity contribution in [1.29, 1.82) is 5.26 Å². The Morgan fingerprint density at radius 1 is 0.973 bits per heavy atom. The van der Waals surface area contributed by atoms with Crippen LogP contribution < -0.4 is 10.5 Å². The minimum Gasteiger partial charge on any atom is -0.364 e. The Kier molecular flexibility index (Phi) is 6.39. The van der Waals surface area contributed by atoms with E-state index in [4.69, 9.17) is 0 Å². The van der Waals surface area contributed by atoms with Crippen LogP contribution in [-0.4, -0.2) is 49.6 Å². The molecule has 0 radical (unpaired) electrons. The van der Waals surface area contributed by atoms with Crippen LogP contribution in [0.15, 0.2) is 59.7 Å². The molecule has 8 nitrogen and oxygen atoms in total. The van der Waals surface area contributed by atoms with Crippen molar-refractivity contribution < 1.29 is 8.78 Å². The molecular formula is C27H25F2N7O. The van der Waals surface area contributed by atoms with E-state index < -0.39 is 17.7 Å². The first-order valence-electron chi connectivity index (χ1n) is 11.9. The van der Waals surface area contributed by atoms with Crippen LogP contribution in [0.25, 0.3) is 11.0 Å². The number of rotatable bonds is 4. The maximum absolute atomic E-state index is 13.7. The minimum atomic E-state index is -0.442. The van der Waals surface area contributed by atoms with Crippen LogP contribution >= 0.6 is 0 Å². The highest BCUT2D eigenvalue weighted by Crippen LogP contribution is 2.34. The molecule has 0 bridgehead atoms. The summed E-state index contributed by atoms with van der Waals surface area (Å²) >= 11 is 0. The van der Waals surface area contributed by atoms with Gasteiger partial charge >= 0.3 is 0 Å². The lowest BCUT2D eigenvalue weighted by Gasteiger charge is -2.48. The predicted octanol–water partition coefficient (Wildman–Crippen LogP) is 3.56. The molecule has 0 N–H and O–H groups in total. The second-order valence-corrected chi connectivity index (χ2v) is 9.36. The van der Waals surface area contributed by atoms with Crippen molar-refractivity contribution in [2.75, 3.05) is 18.0 Å². The third-order valence-electron chi connectivity index (χ3n) is 6.92. The van der Waals surface area contributed by atoms with Crippen molar-refractivity contribution in [3.63, 3.8) is 0 Å². The molecule has 0 spiro atoms. The normalized spacial score (nSPS) is 18.4. The van der Waals surface area contributed by atoms with Gasteiger partial charge in [-0.25, -0.2) is 13.8 Å². The van der Waals surface area contributed by atoms with E-state index in [0.717, 1.165) is 0 Å². The van der Waals surface area contributed by atoms with Crippen molar-refractivity contribution >= 4 is 16.7 Å². The van der Waals surface area contributed by atoms with Gasteiger partial charge in [0, 0.05) is 38.3 Å². The van der Waals surface area contributed by atoms with Gasteiger partial charge in [0.2, 0.25) is 0 Å². The van der Waals surface area contributed by atoms with E-state index in [1.165, 1.54) is 29.1 Å². The van der Waals surface area contributed by atoms with Gasteiger partial charge in [-0.3, -0.25) is 19.7 Å². The lowest BCUT2D eigenvalue weighted by atomic mass is 9.99. The Labute approximate surface area is 212 Å². The first-order chi connectivity index (χ1) is 17.8. The quantitative estimate of drug-likeness (QED) is 0.422. The van der Waals surface area contributed by atoms with E-state index in [1.54, 1.807) is 37.4 Å². The molecule has 1 aliphatic heterocycles. The number of halogens is 2. The molecule has 5 rings (SSSR count). The molecule has 1 unspecified atom stereocenters. The van der Waals surface area contributed by atoms with E-state index in [0.29, 0.717) is 41.2 Å². The number of nitriles is 1. The van der Waals surface area contributed by atoms with E-state index in [1.807, 2.05) is 6.92 Å². The fourth-order valence-corrected chi connectivity index (χ4v) is 5.03. The van der Waals surface area contributed by atoms with Gasteiger partial charge in [-0.1, -0.05) is 0 Å². The Balaban J connectivity index is 1.55. The van der Waals surface area contributed by atoms with Crippen molar-refractivity contribution in [2.45, 2.75) is 32.0 Å². The van der Waals surface area contributed by atoms with Gasteiger partial charge in [0.1, 0.15) is 28.9 Å². The Bertz CT molecular complexity index is 1500. The molecule has 0 amide bonds. The summed E-state index contributed by atoms with van der Waals surface area (Å²) in [7, 11) is 1.68. The smallest absolute Gasteiger partial charge is 0.252 e. The molecule has 0 saturated carbocycles. The van der Waals surface area contributed by atoms with Gasteiger partial charge in [-0.2, -0.15) is 5.26 Å². The van der Waals surface area contributed by atoms with Crippen molar-refractivity contribution in [3.05, 3.63) is 93.9 Å². The molecule has 0 aliphatic carbocycles. The van der Waals surface area contributed by atoms with Gasteiger partial charge in [-0.15, -0.1) is 0 Å². The molecule has 2 atom stereocenters. The molecule has 1 saturated heterocycles. The van der Waals surface area contributed by atoms with Crippen molar-refractivity contribution in [2.24, 2.45) is 7.05 Å². The van der Waals surface area contributed by atoms with Crippen molar-refractivity contribution in [1.82, 2.24) is 24.4 Å². The average molecular weight is 502 g/mol. The summed E-state index contributed by atoms with van der Waals surface area (Å²) < 4.78 is 28.9. The Hall–Kier alpha value is -4.23. The second kappa shape index (κ2) is 9.67. The number of hydrogen-bond donors (Lipinski definition) is 0. The van der Waals surface area contributed by atoms with E-state index >= 15 is 0 Å². The van der Waals surface area contributed by atoms with Gasteiger partial charge < -0.3 is 9.47 Å². The molecule has 188 valence electrons. The molecule has 1 fully saturated rings. The zero-order valence-electron chi connectivity index (χ0n) is 20.6. The number of nitrogens with zero attached hydrogens (tertiary/aromatic N) is 7. The first kappa shape index (κ1) is 24.5. The molecule has 4 aromatic heterocycles. The highest BCUT2D eigenvalue weighted by molar-refractivity contribution is 5.89. The number of anilines is 1. The molecular weight excluding hydrogens is 476 g/mol. The van der Waals surface area contributed by atoms with Crippen LogP contribution in [0.5, 0.6) is 0 Å². The van der Waals surface area contributed by atoms with E-state index in [2.05, 4.69) is 37.7 Å². The van der Waals surface area contributed by atoms with Crippen molar-refractivity contribution in [3.8, 4) is 6.07 Å².